The first-order valence-electron chi connectivity index (χ1n) is 42.6. The van der Waals surface area contributed by atoms with Crippen LogP contribution in [0.1, 0.15) is 0 Å². The molecule has 0 saturated heterocycles. The van der Waals surface area contributed by atoms with E-state index >= 15 is 0 Å². The van der Waals surface area contributed by atoms with Crippen LogP contribution in [-0.4, -0.2) is 74.9 Å². The second-order valence-corrected chi connectivity index (χ2v) is 28.1. The molecule has 7 aromatic carbocycles. The van der Waals surface area contributed by atoms with Crippen LogP contribution >= 0.6 is 42.1 Å². The number of rotatable bonds is 14. The van der Waals surface area contributed by atoms with E-state index in [1.54, 1.807) is 124 Å². The smallest absolute Gasteiger partial charge is 0.582 e. The van der Waals surface area contributed by atoms with Gasteiger partial charge in [-0.15, -0.1) is 170 Å². The second kappa shape index (κ2) is 73.6. The summed E-state index contributed by atoms with van der Waals surface area (Å²) in [5.41, 5.74) is 26.8. The molecule has 0 saturated carbocycles. The van der Waals surface area contributed by atoms with Crippen molar-refractivity contribution in [2.24, 2.45) is 0 Å². The van der Waals surface area contributed by atoms with Gasteiger partial charge in [0.1, 0.15) is 0 Å². The Hall–Kier alpha value is -12.4. The van der Waals surface area contributed by atoms with E-state index in [0.717, 1.165) is 158 Å². The average Bonchev–Trinajstić information content (AvgIpc) is 1.49. The summed E-state index contributed by atoms with van der Waals surface area (Å²) in [6.45, 7) is 4.75. The van der Waals surface area contributed by atoms with Crippen molar-refractivity contribution in [3.05, 3.63) is 544 Å². The molecule has 0 aliphatic carbocycles. The van der Waals surface area contributed by atoms with Crippen LogP contribution < -0.4 is 5.10 Å². The van der Waals surface area contributed by atoms with Crippen LogP contribution in [0.2, 0.25) is 0 Å². The van der Waals surface area contributed by atoms with Gasteiger partial charge in [0.05, 0.1) is 0 Å². The summed E-state index contributed by atoms with van der Waals surface area (Å²) in [5, 5.41) is 13.2. The second-order valence-electron chi connectivity index (χ2n) is 28.1. The summed E-state index contributed by atoms with van der Waals surface area (Å²) in [7, 11) is 4.61. The fraction of sp³-hybridized carbons (Fsp3) is 0. The number of benzene rings is 7. The zero-order chi connectivity index (χ0) is 99.0. The molecule has 0 aliphatic rings. The number of nitrogens with zero attached hydrogens (tertiary/aromatic N) is 17. The number of hydrogen-bond acceptors (Lipinski definition) is 16. The minimum Gasteiger partial charge on any atom is -0.582 e. The molecule has 15 aromatic heterocycles. The number of halogens is 4. The minimum atomic E-state index is 0. The van der Waals surface area contributed by atoms with Crippen LogP contribution in [0.5, 0.6) is 0 Å². The molecule has 0 amide bonds. The summed E-state index contributed by atoms with van der Waals surface area (Å²) >= 11 is 11.3. The van der Waals surface area contributed by atoms with Crippen molar-refractivity contribution >= 4 is 42.1 Å². The van der Waals surface area contributed by atoms with Gasteiger partial charge < -0.3 is 29.5 Å². The molecule has 145 heavy (non-hydrogen) atoms. The van der Waals surface area contributed by atoms with E-state index in [1.807, 2.05) is 400 Å². The van der Waals surface area contributed by atoms with Crippen molar-refractivity contribution in [2.75, 3.05) is 0 Å². The predicted octanol–water partition coefficient (Wildman–Crippen LogP) is 28.7. The van der Waals surface area contributed by atoms with Gasteiger partial charge >= 0.3 is 160 Å². The molecule has 736 valence electrons. The minimum absolute atomic E-state index is 0. The molecule has 0 unspecified atom stereocenters. The third-order valence-electron chi connectivity index (χ3n) is 19.1. The van der Waals surface area contributed by atoms with E-state index in [-0.39, 0.29) is 70.6 Å². The van der Waals surface area contributed by atoms with Crippen molar-refractivity contribution < 1.29 is 139 Å². The summed E-state index contributed by atoms with van der Waals surface area (Å²) in [5.74, 6) is 0. The first kappa shape index (κ1) is 121. The first-order chi connectivity index (χ1) is 70.0. The van der Waals surface area contributed by atoms with Crippen LogP contribution in [0.3, 0.4) is 0 Å². The number of hydrogen-bond donors (Lipinski definition) is 0. The van der Waals surface area contributed by atoms with Crippen LogP contribution in [0, 0.1) is 61.7 Å². The monoisotopic (exact) mass is 3350 g/mol. The Morgan fingerprint density at radius 1 is 0.207 bits per heavy atom. The molecule has 0 atom stereocenters. The Bertz CT molecular complexity index is 5580. The van der Waals surface area contributed by atoms with E-state index in [4.69, 9.17) is 11.8 Å². The summed E-state index contributed by atoms with van der Waals surface area (Å²) in [6.07, 6.45) is 28.3. The number of pyridine rings is 14. The average molecular weight is 3350 g/mol. The van der Waals surface area contributed by atoms with Gasteiger partial charge in [0.15, 0.2) is 0 Å². The predicted molar refractivity (Wildman–Crippen MR) is 561 cm³/mol. The van der Waals surface area contributed by atoms with E-state index in [9.17, 15) is 3.16 Å². The van der Waals surface area contributed by atoms with Gasteiger partial charge in [0.2, 0.25) is 0 Å². The molecule has 0 bridgehead atoms. The SMILES string of the molecule is [Br][Pt+].[C-]#N.[CH3-].[Cl][Pt+].[F][Pt+].[I][Pt+].[Pt+2].[Pt+2].[Pt].[c-]1c(-c2ccccn2)cccc1-c1ccccn1.[c-]1c(-c2ccccn2)cccc1-c1ccccn1.[c-]1c(-c2ccccn2)cccc1-c1ccccn1.[c-]1c(-c2ccccn2)cccc1-c1ccccn1.[c-]1c(-c2ccccn2)cccc1-c1ccccn1.[c-]1c(-c2ccccn2)cccc1-c1ccccn1.[c-]1c(-c2ccccn2)cccc1-c1ccccn1.c1cn[n-]c1. The maximum atomic E-state index is 9.47. The maximum absolute atomic E-state index is 9.47. The van der Waals surface area contributed by atoms with Crippen molar-refractivity contribution in [3.63, 3.8) is 0 Å². The molecule has 0 radical (unpaired) electrons. The van der Waals surface area contributed by atoms with E-state index in [2.05, 4.69) is 181 Å². The standard InChI is InChI=1S/7C16H11N2.C3H3N2.CN.CH3.BrH.ClH.FH.HI.7Pt/c7*1-3-10-17-15(8-1)13-6-5-7-14(12-13)16-9-2-4-11-18-16;1-2-4-5-3-1;1-2;;;;;;;;;;;;/h7*1-11H;1-3H;;1H3;4*1H;;;;;;;/q10*-1;;;;;;6*+2/p-4. The molecule has 0 spiro atoms. The van der Waals surface area contributed by atoms with Gasteiger partial charge in [-0.25, -0.2) is 0 Å². The normalized spacial score (nSPS) is 9.37. The van der Waals surface area contributed by atoms with Gasteiger partial charge in [0.25, 0.3) is 0 Å². The molecular formula is C117H83BrClFIN17Pt7-2. The zero-order valence-electron chi connectivity index (χ0n) is 76.5. The Morgan fingerprint density at radius 3 is 0.372 bits per heavy atom. The molecule has 0 aliphatic heterocycles. The van der Waals surface area contributed by atoms with Crippen LogP contribution in [0.25, 0.3) is 158 Å². The largest absolute Gasteiger partial charge is 2.00 e. The van der Waals surface area contributed by atoms with Crippen molar-refractivity contribution in [1.82, 2.24) is 80.0 Å². The molecule has 0 fully saturated rings. The molecular weight excluding hydrogens is 3270 g/mol. The van der Waals surface area contributed by atoms with Gasteiger partial charge in [-0.1, -0.05) is 254 Å². The first-order valence-corrected chi connectivity index (χ1v) is 57.7. The Balaban J connectivity index is 0.000000251. The topological polar surface area (TPSA) is 231 Å². The summed E-state index contributed by atoms with van der Waals surface area (Å²) < 4.78 is 9.47. The van der Waals surface area contributed by atoms with Gasteiger partial charge in [0, 0.05) is 194 Å². The van der Waals surface area contributed by atoms with E-state index < -0.39 is 0 Å². The zero-order valence-corrected chi connectivity index (χ0v) is 96.9. The Morgan fingerprint density at radius 2 is 0.310 bits per heavy atom. The van der Waals surface area contributed by atoms with Crippen LogP contribution in [0.15, 0.2) is 487 Å². The fourth-order valence-corrected chi connectivity index (χ4v) is 12.9. The third-order valence-corrected chi connectivity index (χ3v) is 19.1. The van der Waals surface area contributed by atoms with Gasteiger partial charge in [-0.05, 0) is 84.9 Å². The van der Waals surface area contributed by atoms with E-state index in [1.165, 1.54) is 0 Å². The molecule has 22 rings (SSSR count). The Labute approximate surface area is 956 Å². The molecule has 0 N–H and O–H groups in total. The number of aromatic nitrogens is 16. The van der Waals surface area contributed by atoms with Crippen molar-refractivity contribution in [1.29, 1.82) is 5.26 Å². The summed E-state index contributed by atoms with van der Waals surface area (Å²) in [4.78, 5) is 60.6. The molecule has 28 heteroatoms. The Kier molecular flexibility index (Phi) is 61.6. The van der Waals surface area contributed by atoms with Crippen LogP contribution in [-0.2, 0) is 136 Å². The van der Waals surface area contributed by atoms with Gasteiger partial charge in [-0.3, -0.25) is 69.8 Å². The fourth-order valence-electron chi connectivity index (χ4n) is 12.9. The molecule has 15 heterocycles. The van der Waals surface area contributed by atoms with Gasteiger partial charge in [-0.2, -0.15) is 6.20 Å². The quantitative estimate of drug-likeness (QED) is 0.0727. The maximum Gasteiger partial charge on any atom is 2.00 e. The summed E-state index contributed by atoms with van der Waals surface area (Å²) in [6, 6.07) is 150. The van der Waals surface area contributed by atoms with Crippen molar-refractivity contribution in [3.8, 4) is 158 Å². The third kappa shape index (κ3) is 41.6. The van der Waals surface area contributed by atoms with Crippen molar-refractivity contribution in [2.45, 2.75) is 0 Å². The molecule has 22 aromatic rings. The van der Waals surface area contributed by atoms with E-state index in [0.29, 0.717) is 20.3 Å². The van der Waals surface area contributed by atoms with Crippen LogP contribution in [0.4, 0.5) is 3.16 Å². The molecule has 17 nitrogen and oxygen atoms in total.